The second-order valence-corrected chi connectivity index (χ2v) is 7.42. The molecule has 4 rings (SSSR count). The van der Waals surface area contributed by atoms with Gasteiger partial charge in [-0.2, -0.15) is 0 Å². The van der Waals surface area contributed by atoms with E-state index in [0.717, 1.165) is 41.7 Å². The Balaban J connectivity index is 1.41. The second kappa shape index (κ2) is 4.21. The van der Waals surface area contributed by atoms with E-state index in [0.29, 0.717) is 0 Å². The Morgan fingerprint density at radius 1 is 1.22 bits per heavy atom. The molecule has 1 N–H and O–H groups in total. The van der Waals surface area contributed by atoms with E-state index >= 15 is 0 Å². The minimum atomic E-state index is 0.753. The van der Waals surface area contributed by atoms with Gasteiger partial charge in [-0.25, -0.2) is 0 Å². The van der Waals surface area contributed by atoms with E-state index in [4.69, 9.17) is 0 Å². The van der Waals surface area contributed by atoms with Crippen molar-refractivity contribution in [3.8, 4) is 0 Å². The molecule has 3 saturated carbocycles. The molecule has 2 bridgehead atoms. The van der Waals surface area contributed by atoms with Gasteiger partial charge in [0, 0.05) is 31.7 Å². The zero-order valence-corrected chi connectivity index (χ0v) is 11.9. The fourth-order valence-corrected chi connectivity index (χ4v) is 5.50. The minimum Gasteiger partial charge on any atom is -0.311 e. The maximum atomic E-state index is 3.74. The van der Waals surface area contributed by atoms with Gasteiger partial charge < -0.3 is 5.32 Å². The van der Waals surface area contributed by atoms with Crippen molar-refractivity contribution in [1.29, 1.82) is 0 Å². The van der Waals surface area contributed by atoms with Crippen LogP contribution in [0.5, 0.6) is 0 Å². The van der Waals surface area contributed by atoms with Crippen LogP contribution in [0.2, 0.25) is 0 Å². The quantitative estimate of drug-likeness (QED) is 0.825. The van der Waals surface area contributed by atoms with Crippen molar-refractivity contribution >= 4 is 0 Å². The molecule has 4 aliphatic rings. The number of rotatable bonds is 3. The number of hydrogen-bond donors (Lipinski definition) is 1. The standard InChI is InChI=1S/C16H28N2/c1-3-10(2)13-9-18(7-6-17-13)16-14-11-4-5-12(8-11)15(14)16/h10-17H,3-9H2,1-2H3. The summed E-state index contributed by atoms with van der Waals surface area (Å²) in [6.45, 7) is 8.60. The van der Waals surface area contributed by atoms with Crippen LogP contribution in [0.1, 0.15) is 39.5 Å². The van der Waals surface area contributed by atoms with Gasteiger partial charge in [-0.1, -0.05) is 20.3 Å². The Labute approximate surface area is 111 Å². The van der Waals surface area contributed by atoms with Crippen molar-refractivity contribution in [2.45, 2.75) is 51.6 Å². The predicted molar refractivity (Wildman–Crippen MR) is 74.4 cm³/mol. The highest BCUT2D eigenvalue weighted by atomic mass is 15.3. The summed E-state index contributed by atoms with van der Waals surface area (Å²) in [7, 11) is 0. The van der Waals surface area contributed by atoms with Gasteiger partial charge in [0.05, 0.1) is 0 Å². The van der Waals surface area contributed by atoms with Crippen molar-refractivity contribution in [3.05, 3.63) is 0 Å². The van der Waals surface area contributed by atoms with Crippen LogP contribution in [0.25, 0.3) is 0 Å². The van der Waals surface area contributed by atoms with Crippen LogP contribution in [-0.2, 0) is 0 Å². The van der Waals surface area contributed by atoms with Gasteiger partial charge in [-0.3, -0.25) is 4.90 Å². The van der Waals surface area contributed by atoms with Gasteiger partial charge in [0.2, 0.25) is 0 Å². The van der Waals surface area contributed by atoms with Crippen LogP contribution in [0.3, 0.4) is 0 Å². The van der Waals surface area contributed by atoms with Crippen LogP contribution >= 0.6 is 0 Å². The molecule has 6 atom stereocenters. The van der Waals surface area contributed by atoms with Gasteiger partial charge in [0.15, 0.2) is 0 Å². The summed E-state index contributed by atoms with van der Waals surface area (Å²) < 4.78 is 0. The van der Waals surface area contributed by atoms with E-state index < -0.39 is 0 Å². The summed E-state index contributed by atoms with van der Waals surface area (Å²) in [6.07, 6.45) is 6.02. The van der Waals surface area contributed by atoms with Gasteiger partial charge in [-0.15, -0.1) is 0 Å². The monoisotopic (exact) mass is 248 g/mol. The lowest BCUT2D eigenvalue weighted by atomic mass is 9.96. The molecule has 4 fully saturated rings. The maximum Gasteiger partial charge on any atom is 0.0221 e. The highest BCUT2D eigenvalue weighted by Crippen LogP contribution is 2.67. The third-order valence-electron chi connectivity index (χ3n) is 6.68. The first-order chi connectivity index (χ1) is 8.79. The lowest BCUT2D eigenvalue weighted by molar-refractivity contribution is 0.140. The summed E-state index contributed by atoms with van der Waals surface area (Å²) >= 11 is 0. The summed E-state index contributed by atoms with van der Waals surface area (Å²) in [5, 5.41) is 3.74. The van der Waals surface area contributed by atoms with E-state index in [1.54, 1.807) is 19.3 Å². The van der Waals surface area contributed by atoms with Crippen LogP contribution < -0.4 is 5.32 Å². The van der Waals surface area contributed by atoms with Crippen molar-refractivity contribution in [3.63, 3.8) is 0 Å². The van der Waals surface area contributed by atoms with Crippen LogP contribution in [0.15, 0.2) is 0 Å². The molecule has 3 aliphatic carbocycles. The molecule has 0 aromatic carbocycles. The van der Waals surface area contributed by atoms with E-state index in [1.807, 2.05) is 0 Å². The molecule has 2 heteroatoms. The average Bonchev–Trinajstić information content (AvgIpc) is 2.86. The minimum absolute atomic E-state index is 0.753. The van der Waals surface area contributed by atoms with Crippen molar-refractivity contribution in [2.75, 3.05) is 19.6 Å². The van der Waals surface area contributed by atoms with E-state index in [-0.39, 0.29) is 0 Å². The summed E-state index contributed by atoms with van der Waals surface area (Å²) in [5.74, 6) is 5.34. The Hall–Kier alpha value is -0.0800. The Morgan fingerprint density at radius 2 is 1.94 bits per heavy atom. The summed E-state index contributed by atoms with van der Waals surface area (Å²) in [6, 6.07) is 1.76. The van der Waals surface area contributed by atoms with Crippen molar-refractivity contribution in [2.24, 2.45) is 29.6 Å². The fourth-order valence-electron chi connectivity index (χ4n) is 5.50. The van der Waals surface area contributed by atoms with Crippen LogP contribution in [-0.4, -0.2) is 36.6 Å². The Morgan fingerprint density at radius 3 is 2.61 bits per heavy atom. The van der Waals surface area contributed by atoms with Gasteiger partial charge in [-0.05, 0) is 48.9 Å². The average molecular weight is 248 g/mol. The number of nitrogens with zero attached hydrogens (tertiary/aromatic N) is 1. The molecule has 1 saturated heterocycles. The Bertz CT molecular complexity index is 313. The largest absolute Gasteiger partial charge is 0.311 e. The number of fused-ring (bicyclic) bond motifs is 5. The topological polar surface area (TPSA) is 15.3 Å². The molecule has 102 valence electrons. The van der Waals surface area contributed by atoms with Crippen molar-refractivity contribution in [1.82, 2.24) is 10.2 Å². The number of hydrogen-bond acceptors (Lipinski definition) is 2. The molecular formula is C16H28N2. The first-order valence-corrected chi connectivity index (χ1v) is 8.27. The molecule has 2 nitrogen and oxygen atoms in total. The summed E-state index contributed by atoms with van der Waals surface area (Å²) in [5.41, 5.74) is 0. The van der Waals surface area contributed by atoms with Crippen LogP contribution in [0, 0.1) is 29.6 Å². The van der Waals surface area contributed by atoms with Gasteiger partial charge in [0.1, 0.15) is 0 Å². The van der Waals surface area contributed by atoms with Crippen molar-refractivity contribution < 1.29 is 0 Å². The van der Waals surface area contributed by atoms with Gasteiger partial charge >= 0.3 is 0 Å². The third-order valence-corrected chi connectivity index (χ3v) is 6.68. The first kappa shape index (κ1) is 11.7. The SMILES string of the molecule is CCC(C)C1CN(C2C3C4CCC(C4)C32)CCN1. The fraction of sp³-hybridized carbons (Fsp3) is 1.00. The Kier molecular flexibility index (Phi) is 2.74. The van der Waals surface area contributed by atoms with E-state index in [2.05, 4.69) is 24.1 Å². The van der Waals surface area contributed by atoms with E-state index in [1.165, 1.54) is 26.1 Å². The molecule has 1 aliphatic heterocycles. The predicted octanol–water partition coefficient (Wildman–Crippen LogP) is 2.35. The summed E-state index contributed by atoms with van der Waals surface area (Å²) in [4.78, 5) is 2.87. The molecule has 0 amide bonds. The number of nitrogens with one attached hydrogen (secondary N) is 1. The van der Waals surface area contributed by atoms with Gasteiger partial charge in [0.25, 0.3) is 0 Å². The molecule has 6 unspecified atom stereocenters. The smallest absolute Gasteiger partial charge is 0.0221 e. The maximum absolute atomic E-state index is 3.74. The molecule has 1 heterocycles. The highest BCUT2D eigenvalue weighted by molar-refractivity contribution is 5.18. The molecule has 0 spiro atoms. The second-order valence-electron chi connectivity index (χ2n) is 7.42. The molecule has 0 aromatic heterocycles. The molecule has 0 aromatic rings. The lowest BCUT2D eigenvalue weighted by Crippen LogP contribution is -2.54. The molecule has 0 radical (unpaired) electrons. The number of piperazine rings is 1. The normalized spacial score (nSPS) is 52.3. The van der Waals surface area contributed by atoms with E-state index in [9.17, 15) is 0 Å². The van der Waals surface area contributed by atoms with Crippen LogP contribution in [0.4, 0.5) is 0 Å². The molecule has 18 heavy (non-hydrogen) atoms. The zero-order valence-electron chi connectivity index (χ0n) is 11.9. The lowest BCUT2D eigenvalue weighted by Gasteiger charge is -2.38. The highest BCUT2D eigenvalue weighted by Gasteiger charge is 2.66. The third kappa shape index (κ3) is 1.61. The zero-order chi connectivity index (χ0) is 12.3. The molecular weight excluding hydrogens is 220 g/mol. The first-order valence-electron chi connectivity index (χ1n) is 8.27.